The monoisotopic (exact) mass is 396 g/mol. The Bertz CT molecular complexity index is 275. The molecule has 8 nitrogen and oxygen atoms in total. The molecule has 0 amide bonds. The molecule has 0 aromatic rings. The first-order valence-electron chi connectivity index (χ1n) is 6.52. The van der Waals surface area contributed by atoms with E-state index in [4.69, 9.17) is 10.2 Å². The fraction of sp³-hybridized carbons (Fsp3) is 0.833. The third-order valence-electron chi connectivity index (χ3n) is 2.47. The van der Waals surface area contributed by atoms with E-state index in [2.05, 4.69) is 10.6 Å². The second-order valence-corrected chi connectivity index (χ2v) is 6.00. The Morgan fingerprint density at radius 3 is 1.39 bits per heavy atom. The normalized spacial score (nSPS) is 12.3. The first-order valence-corrected chi connectivity index (χ1v) is 9.31. The maximum atomic E-state index is 10.3. The van der Waals surface area contributed by atoms with Gasteiger partial charge in [0.15, 0.2) is 0 Å². The molecule has 0 aromatic carbocycles. The van der Waals surface area contributed by atoms with Crippen LogP contribution in [0.2, 0.25) is 0 Å². The van der Waals surface area contributed by atoms with Crippen molar-refractivity contribution in [2.45, 2.75) is 24.9 Å². The van der Waals surface area contributed by atoms with Crippen LogP contribution in [-0.4, -0.2) is 109 Å². The van der Waals surface area contributed by atoms with Gasteiger partial charge in [0, 0.05) is 12.1 Å². The molecule has 0 rings (SSSR count). The Hall–Kier alpha value is 0.740. The predicted octanol–water partition coefficient (Wildman–Crippen LogP) is -3.59. The molecule has 2 atom stereocenters. The minimum Gasteiger partial charge on any atom is -0.548 e. The van der Waals surface area contributed by atoms with E-state index in [0.29, 0.717) is 12.8 Å². The van der Waals surface area contributed by atoms with Crippen LogP contribution in [0.5, 0.6) is 0 Å². The number of carboxylic acid groups (broad SMARTS) is 2. The van der Waals surface area contributed by atoms with E-state index in [1.165, 1.54) is 0 Å². The van der Waals surface area contributed by atoms with Gasteiger partial charge in [0.2, 0.25) is 0 Å². The van der Waals surface area contributed by atoms with Crippen LogP contribution in [0.25, 0.3) is 0 Å². The number of carbonyl (C=O) groups excluding carboxylic acids is 2. The number of aliphatic carboxylic acids is 2. The number of aliphatic hydroxyl groups is 2. The van der Waals surface area contributed by atoms with Crippen LogP contribution in [0.3, 0.4) is 0 Å². The smallest absolute Gasteiger partial charge is 0.548 e. The van der Waals surface area contributed by atoms with Crippen LogP contribution in [-0.2, 0) is 9.59 Å². The third-order valence-corrected chi connectivity index (χ3v) is 3.75. The molecular weight excluding hydrogens is 372 g/mol. The maximum Gasteiger partial charge on any atom is 2.00 e. The van der Waals surface area contributed by atoms with Gasteiger partial charge in [-0.05, 0) is 36.9 Å². The number of aliphatic hydroxyl groups excluding tert-OH is 2. The number of carboxylic acids is 2. The molecule has 0 saturated heterocycles. The predicted molar refractivity (Wildman–Crippen MR) is 89.8 cm³/mol. The van der Waals surface area contributed by atoms with Crippen molar-refractivity contribution in [2.75, 3.05) is 37.5 Å². The maximum absolute atomic E-state index is 10.3. The van der Waals surface area contributed by atoms with Gasteiger partial charge in [-0.3, -0.25) is 10.6 Å². The fourth-order valence-electron chi connectivity index (χ4n) is 1.30. The molecule has 4 N–H and O–H groups in total. The summed E-state index contributed by atoms with van der Waals surface area (Å²) in [6.45, 7) is -0.653. The Labute approximate surface area is 175 Å². The standard InChI is InChI=1S/2C6H13NO3S.Ca/c2*1-11-3-2-5(6(9)10)7-4-8;/h2*5,7-8H,2-4H2,1H3,(H,9,10);/q;;+2/p-2/t2*5-;/m00./s1. The van der Waals surface area contributed by atoms with Crippen molar-refractivity contribution in [1.82, 2.24) is 10.6 Å². The van der Waals surface area contributed by atoms with Gasteiger partial charge in [0.05, 0.1) is 25.4 Å². The summed E-state index contributed by atoms with van der Waals surface area (Å²) in [5.41, 5.74) is 0. The van der Waals surface area contributed by atoms with Gasteiger partial charge in [0.25, 0.3) is 0 Å². The Kier molecular flexibility index (Phi) is 25.8. The van der Waals surface area contributed by atoms with E-state index < -0.39 is 24.0 Å². The summed E-state index contributed by atoms with van der Waals surface area (Å²) in [7, 11) is 0. The van der Waals surface area contributed by atoms with Crippen molar-refractivity contribution in [3.8, 4) is 0 Å². The van der Waals surface area contributed by atoms with Crippen LogP contribution >= 0.6 is 23.5 Å². The van der Waals surface area contributed by atoms with Crippen LogP contribution in [0.15, 0.2) is 0 Å². The molecule has 0 fully saturated rings. The minimum absolute atomic E-state index is 0. The number of carbonyl (C=O) groups is 2. The summed E-state index contributed by atoms with van der Waals surface area (Å²) in [5.74, 6) is -0.835. The zero-order valence-corrected chi connectivity index (χ0v) is 17.3. The third kappa shape index (κ3) is 18.9. The van der Waals surface area contributed by atoms with Crippen molar-refractivity contribution in [3.63, 3.8) is 0 Å². The number of thioether (sulfide) groups is 2. The van der Waals surface area contributed by atoms with E-state index in [-0.39, 0.29) is 51.2 Å². The molecule has 23 heavy (non-hydrogen) atoms. The molecule has 0 heterocycles. The fourth-order valence-corrected chi connectivity index (χ4v) is 2.24. The number of hydrogen-bond acceptors (Lipinski definition) is 10. The molecular formula is C12H24CaN2O6S2. The molecule has 0 aliphatic carbocycles. The molecule has 0 saturated carbocycles. The Balaban J connectivity index is -0.000000333. The van der Waals surface area contributed by atoms with Crippen molar-refractivity contribution in [2.24, 2.45) is 0 Å². The number of hydrogen-bond donors (Lipinski definition) is 4. The first kappa shape index (κ1) is 28.5. The summed E-state index contributed by atoms with van der Waals surface area (Å²) < 4.78 is 0. The molecule has 0 spiro atoms. The molecule has 0 radical (unpaired) electrons. The number of rotatable bonds is 12. The summed E-state index contributed by atoms with van der Waals surface area (Å²) in [4.78, 5) is 20.6. The number of nitrogens with one attached hydrogen (secondary N) is 2. The average Bonchev–Trinajstić information content (AvgIpc) is 2.48. The van der Waals surface area contributed by atoms with Gasteiger partial charge < -0.3 is 30.0 Å². The van der Waals surface area contributed by atoms with Crippen molar-refractivity contribution in [3.05, 3.63) is 0 Å². The first-order chi connectivity index (χ1) is 10.4. The molecule has 132 valence electrons. The summed E-state index contributed by atoms with van der Waals surface area (Å²) >= 11 is 3.12. The molecule has 0 aliphatic rings. The molecule has 0 aromatic heterocycles. The second-order valence-electron chi connectivity index (χ2n) is 4.03. The van der Waals surface area contributed by atoms with Crippen molar-refractivity contribution < 1.29 is 30.0 Å². The topological polar surface area (TPSA) is 145 Å². The average molecular weight is 397 g/mol. The van der Waals surface area contributed by atoms with E-state index in [1.807, 2.05) is 12.5 Å². The summed E-state index contributed by atoms with van der Waals surface area (Å²) in [6.07, 6.45) is 4.74. The SMILES string of the molecule is CSCC[C@H](NCO)C(=O)[O-].CSCC[C@H](NCO)C(=O)[O-].[Ca+2]. The van der Waals surface area contributed by atoms with Crippen LogP contribution in [0.1, 0.15) is 12.8 Å². The van der Waals surface area contributed by atoms with Gasteiger partial charge in [-0.1, -0.05) is 0 Å². The Morgan fingerprint density at radius 1 is 0.913 bits per heavy atom. The second kappa shape index (κ2) is 20.8. The Morgan fingerprint density at radius 2 is 1.22 bits per heavy atom. The summed E-state index contributed by atoms with van der Waals surface area (Å²) in [6, 6.07) is -1.46. The largest absolute Gasteiger partial charge is 2.00 e. The van der Waals surface area contributed by atoms with E-state index >= 15 is 0 Å². The van der Waals surface area contributed by atoms with Crippen LogP contribution in [0, 0.1) is 0 Å². The van der Waals surface area contributed by atoms with E-state index in [9.17, 15) is 19.8 Å². The molecule has 0 aliphatic heterocycles. The van der Waals surface area contributed by atoms with Crippen molar-refractivity contribution in [1.29, 1.82) is 0 Å². The summed E-state index contributed by atoms with van der Waals surface area (Å²) in [5, 5.41) is 42.1. The molecule has 0 bridgehead atoms. The van der Waals surface area contributed by atoms with E-state index in [0.717, 1.165) is 11.5 Å². The van der Waals surface area contributed by atoms with Gasteiger partial charge in [-0.25, -0.2) is 0 Å². The minimum atomic E-state index is -1.16. The van der Waals surface area contributed by atoms with E-state index in [1.54, 1.807) is 23.5 Å². The zero-order chi connectivity index (χ0) is 17.4. The van der Waals surface area contributed by atoms with Gasteiger partial charge >= 0.3 is 37.7 Å². The quantitative estimate of drug-likeness (QED) is 0.193. The van der Waals surface area contributed by atoms with Gasteiger partial charge in [0.1, 0.15) is 0 Å². The van der Waals surface area contributed by atoms with Crippen LogP contribution < -0.4 is 20.8 Å². The molecule has 0 unspecified atom stereocenters. The van der Waals surface area contributed by atoms with Crippen LogP contribution in [0.4, 0.5) is 0 Å². The van der Waals surface area contributed by atoms with Crippen molar-refractivity contribution >= 4 is 73.2 Å². The molecule has 11 heteroatoms. The zero-order valence-electron chi connectivity index (χ0n) is 13.4. The van der Waals surface area contributed by atoms with Gasteiger partial charge in [-0.15, -0.1) is 0 Å². The van der Waals surface area contributed by atoms with Gasteiger partial charge in [-0.2, -0.15) is 23.5 Å².